The van der Waals surface area contributed by atoms with E-state index in [1.165, 1.54) is 4.90 Å². The summed E-state index contributed by atoms with van der Waals surface area (Å²) >= 11 is 3.16. The van der Waals surface area contributed by atoms with Crippen molar-refractivity contribution in [3.05, 3.63) is 22.6 Å². The number of hydrogen-bond acceptors (Lipinski definition) is 2. The number of halogens is 1. The Morgan fingerprint density at radius 3 is 2.83 bits per heavy atom. The van der Waals surface area contributed by atoms with Crippen LogP contribution in [0.25, 0.3) is 0 Å². The van der Waals surface area contributed by atoms with Gasteiger partial charge in [0.25, 0.3) is 0 Å². The lowest BCUT2D eigenvalue weighted by atomic mass is 10.4. The molecule has 0 spiro atoms. The van der Waals surface area contributed by atoms with Gasteiger partial charge >= 0.3 is 6.03 Å². The predicted octanol–water partition coefficient (Wildman–Crippen LogP) is 1.55. The minimum atomic E-state index is -0.470. The van der Waals surface area contributed by atoms with Crippen LogP contribution >= 0.6 is 15.9 Å². The van der Waals surface area contributed by atoms with E-state index >= 15 is 0 Å². The van der Waals surface area contributed by atoms with Gasteiger partial charge in [0.1, 0.15) is 5.76 Å². The molecular weight excluding hydrogens is 224 g/mol. The summed E-state index contributed by atoms with van der Waals surface area (Å²) in [5.41, 5.74) is 5.02. The second-order valence-corrected chi connectivity index (χ2v) is 3.18. The Balaban J connectivity index is 2.58. The summed E-state index contributed by atoms with van der Waals surface area (Å²) in [6.07, 6.45) is 0. The lowest BCUT2D eigenvalue weighted by Crippen LogP contribution is -2.31. The molecule has 0 aliphatic rings. The highest BCUT2D eigenvalue weighted by molar-refractivity contribution is 9.10. The fraction of sp³-hybridized carbons (Fsp3) is 0.286. The second kappa shape index (κ2) is 3.62. The van der Waals surface area contributed by atoms with Gasteiger partial charge in [-0.1, -0.05) is 0 Å². The molecule has 0 aromatic carbocycles. The van der Waals surface area contributed by atoms with Gasteiger partial charge in [0.15, 0.2) is 4.67 Å². The van der Waals surface area contributed by atoms with Crippen molar-refractivity contribution >= 4 is 22.0 Å². The van der Waals surface area contributed by atoms with Crippen molar-refractivity contribution in [3.8, 4) is 0 Å². The molecule has 0 aliphatic heterocycles. The van der Waals surface area contributed by atoms with Gasteiger partial charge in [-0.2, -0.15) is 0 Å². The third-order valence-electron chi connectivity index (χ3n) is 1.40. The maximum absolute atomic E-state index is 10.6. The van der Waals surface area contributed by atoms with Crippen molar-refractivity contribution in [2.24, 2.45) is 5.73 Å². The van der Waals surface area contributed by atoms with Gasteiger partial charge in [0, 0.05) is 7.05 Å². The van der Waals surface area contributed by atoms with Crippen LogP contribution in [0.1, 0.15) is 5.76 Å². The first-order valence-corrected chi connectivity index (χ1v) is 4.13. The molecule has 0 fully saturated rings. The van der Waals surface area contributed by atoms with E-state index in [-0.39, 0.29) is 0 Å². The van der Waals surface area contributed by atoms with Crippen LogP contribution < -0.4 is 5.73 Å². The zero-order valence-electron chi connectivity index (χ0n) is 6.58. The van der Waals surface area contributed by atoms with Crippen molar-refractivity contribution in [1.29, 1.82) is 0 Å². The summed E-state index contributed by atoms with van der Waals surface area (Å²) in [6.45, 7) is 0.390. The molecule has 0 unspecified atom stereocenters. The number of nitrogens with zero attached hydrogens (tertiary/aromatic N) is 1. The van der Waals surface area contributed by atoms with Gasteiger partial charge in [-0.05, 0) is 28.1 Å². The second-order valence-electron chi connectivity index (χ2n) is 2.40. The zero-order chi connectivity index (χ0) is 9.14. The van der Waals surface area contributed by atoms with Crippen LogP contribution in [0.4, 0.5) is 4.79 Å². The Labute approximate surface area is 78.4 Å². The number of carbonyl (C=O) groups excluding carboxylic acids is 1. The first-order chi connectivity index (χ1) is 5.59. The Kier molecular flexibility index (Phi) is 2.75. The molecule has 1 rings (SSSR count). The molecule has 2 N–H and O–H groups in total. The smallest absolute Gasteiger partial charge is 0.314 e. The Morgan fingerprint density at radius 2 is 2.42 bits per heavy atom. The van der Waals surface area contributed by atoms with Crippen LogP contribution in [0.3, 0.4) is 0 Å². The number of hydrogen-bond donors (Lipinski definition) is 1. The van der Waals surface area contributed by atoms with Gasteiger partial charge in [-0.3, -0.25) is 0 Å². The number of carbonyl (C=O) groups is 1. The van der Waals surface area contributed by atoms with Crippen LogP contribution in [-0.2, 0) is 6.54 Å². The molecule has 4 nitrogen and oxygen atoms in total. The van der Waals surface area contributed by atoms with Gasteiger partial charge in [0.2, 0.25) is 0 Å². The van der Waals surface area contributed by atoms with Crippen molar-refractivity contribution in [2.45, 2.75) is 6.54 Å². The van der Waals surface area contributed by atoms with Crippen molar-refractivity contribution in [1.82, 2.24) is 4.90 Å². The fourth-order valence-corrected chi connectivity index (χ4v) is 1.09. The van der Waals surface area contributed by atoms with E-state index in [0.717, 1.165) is 0 Å². The Bertz CT molecular complexity index is 285. The van der Waals surface area contributed by atoms with E-state index in [1.54, 1.807) is 19.2 Å². The lowest BCUT2D eigenvalue weighted by Gasteiger charge is -2.11. The number of rotatable bonds is 2. The predicted molar refractivity (Wildman–Crippen MR) is 47.5 cm³/mol. The standard InChI is InChI=1S/C7H9BrN2O2/c1-10(7(9)11)4-5-2-3-6(8)12-5/h2-3H,4H2,1H3,(H2,9,11). The zero-order valence-corrected chi connectivity index (χ0v) is 8.17. The minimum Gasteiger partial charge on any atom is -0.452 e. The van der Waals surface area contributed by atoms with Crippen molar-refractivity contribution in [3.63, 3.8) is 0 Å². The molecule has 0 radical (unpaired) electrons. The average Bonchev–Trinajstić information content (AvgIpc) is 2.35. The summed E-state index contributed by atoms with van der Waals surface area (Å²) in [5, 5.41) is 0. The van der Waals surface area contributed by atoms with Crippen LogP contribution in [0.2, 0.25) is 0 Å². The number of amides is 2. The van der Waals surface area contributed by atoms with Crippen molar-refractivity contribution < 1.29 is 9.21 Å². The molecule has 0 atom stereocenters. The maximum Gasteiger partial charge on any atom is 0.314 e. The molecule has 66 valence electrons. The van der Waals surface area contributed by atoms with Gasteiger partial charge in [-0.25, -0.2) is 4.79 Å². The van der Waals surface area contributed by atoms with Gasteiger partial charge in [-0.15, -0.1) is 0 Å². The minimum absolute atomic E-state index is 0.390. The van der Waals surface area contributed by atoms with E-state index in [2.05, 4.69) is 15.9 Å². The number of nitrogens with two attached hydrogens (primary N) is 1. The summed E-state index contributed by atoms with van der Waals surface area (Å²) in [4.78, 5) is 12.0. The molecule has 0 aliphatic carbocycles. The van der Waals surface area contributed by atoms with E-state index in [4.69, 9.17) is 10.2 Å². The first kappa shape index (κ1) is 9.12. The first-order valence-electron chi connectivity index (χ1n) is 3.34. The quantitative estimate of drug-likeness (QED) is 0.842. The average molecular weight is 233 g/mol. The molecule has 1 heterocycles. The highest BCUT2D eigenvalue weighted by Gasteiger charge is 2.06. The van der Waals surface area contributed by atoms with Gasteiger partial charge < -0.3 is 15.1 Å². The summed E-state index contributed by atoms with van der Waals surface area (Å²) < 4.78 is 5.82. The van der Waals surface area contributed by atoms with E-state index in [0.29, 0.717) is 17.0 Å². The monoisotopic (exact) mass is 232 g/mol. The molecule has 1 aromatic rings. The summed E-state index contributed by atoms with van der Waals surface area (Å²) in [5.74, 6) is 0.697. The van der Waals surface area contributed by atoms with Crippen molar-refractivity contribution in [2.75, 3.05) is 7.05 Å². The maximum atomic E-state index is 10.6. The molecule has 2 amide bonds. The van der Waals surface area contributed by atoms with Crippen LogP contribution in [0.15, 0.2) is 21.2 Å². The highest BCUT2D eigenvalue weighted by Crippen LogP contribution is 2.14. The Morgan fingerprint density at radius 1 is 1.75 bits per heavy atom. The highest BCUT2D eigenvalue weighted by atomic mass is 79.9. The summed E-state index contributed by atoms with van der Waals surface area (Å²) in [6, 6.07) is 3.08. The van der Waals surface area contributed by atoms with E-state index in [9.17, 15) is 4.79 Å². The topological polar surface area (TPSA) is 59.5 Å². The molecule has 0 saturated heterocycles. The SMILES string of the molecule is CN(Cc1ccc(Br)o1)C(N)=O. The third-order valence-corrected chi connectivity index (χ3v) is 1.82. The van der Waals surface area contributed by atoms with Gasteiger partial charge in [0.05, 0.1) is 6.54 Å². The molecule has 1 aromatic heterocycles. The number of furan rings is 1. The van der Waals surface area contributed by atoms with Crippen LogP contribution in [0.5, 0.6) is 0 Å². The van der Waals surface area contributed by atoms with E-state index in [1.807, 2.05) is 0 Å². The van der Waals surface area contributed by atoms with Crippen LogP contribution in [-0.4, -0.2) is 18.0 Å². The summed E-state index contributed by atoms with van der Waals surface area (Å²) in [7, 11) is 1.61. The van der Waals surface area contributed by atoms with Crippen LogP contribution in [0, 0.1) is 0 Å². The normalized spacial score (nSPS) is 9.83. The molecule has 0 saturated carbocycles. The van der Waals surface area contributed by atoms with E-state index < -0.39 is 6.03 Å². The molecule has 12 heavy (non-hydrogen) atoms. The Hall–Kier alpha value is -0.970. The molecule has 5 heteroatoms. The number of urea groups is 1. The molecular formula is C7H9BrN2O2. The largest absolute Gasteiger partial charge is 0.452 e. The lowest BCUT2D eigenvalue weighted by molar-refractivity contribution is 0.212. The third kappa shape index (κ3) is 2.27. The molecule has 0 bridgehead atoms. The fourth-order valence-electron chi connectivity index (χ4n) is 0.748. The number of primary amides is 1.